The highest BCUT2D eigenvalue weighted by Gasteiger charge is 2.26. The van der Waals surface area contributed by atoms with Crippen molar-refractivity contribution in [2.45, 2.75) is 70.6 Å². The Labute approximate surface area is 157 Å². The van der Waals surface area contributed by atoms with Crippen molar-refractivity contribution in [1.29, 1.82) is 0 Å². The summed E-state index contributed by atoms with van der Waals surface area (Å²) in [6.45, 7) is 4.23. The fraction of sp³-hybridized carbons (Fsp3) is 0.632. The number of methoxy groups -OCH3 is 1. The van der Waals surface area contributed by atoms with Crippen LogP contribution in [0, 0.1) is 0 Å². The predicted molar refractivity (Wildman–Crippen MR) is 102 cm³/mol. The number of ether oxygens (including phenoxy) is 2. The Balaban J connectivity index is 0.00000312. The molecule has 1 aliphatic carbocycles. The third-order valence-electron chi connectivity index (χ3n) is 4.56. The first kappa shape index (κ1) is 21.6. The molecule has 0 bridgehead atoms. The van der Waals surface area contributed by atoms with Crippen LogP contribution in [0.1, 0.15) is 57.9 Å². The van der Waals surface area contributed by atoms with Crippen LogP contribution in [0.4, 0.5) is 0 Å². The zero-order chi connectivity index (χ0) is 17.6. The van der Waals surface area contributed by atoms with Gasteiger partial charge in [0.2, 0.25) is 5.91 Å². The Morgan fingerprint density at radius 2 is 2.00 bits per heavy atom. The predicted octanol–water partition coefficient (Wildman–Crippen LogP) is 3.57. The van der Waals surface area contributed by atoms with Gasteiger partial charge in [-0.25, -0.2) is 0 Å². The van der Waals surface area contributed by atoms with Crippen LogP contribution in [0.2, 0.25) is 0 Å². The molecule has 142 valence electrons. The van der Waals surface area contributed by atoms with Gasteiger partial charge in [0, 0.05) is 6.54 Å². The molecule has 1 fully saturated rings. The van der Waals surface area contributed by atoms with Crippen molar-refractivity contribution < 1.29 is 14.3 Å². The van der Waals surface area contributed by atoms with E-state index < -0.39 is 5.54 Å². The average molecular weight is 371 g/mol. The number of halogens is 1. The summed E-state index contributed by atoms with van der Waals surface area (Å²) in [5.74, 6) is 1.35. The number of hydrogen-bond donors (Lipinski definition) is 2. The summed E-state index contributed by atoms with van der Waals surface area (Å²) in [5, 5.41) is 2.92. The fourth-order valence-electron chi connectivity index (χ4n) is 3.13. The molecule has 0 aromatic heterocycles. The standard InChI is InChI=1S/C19H30N2O3.ClH/c1-4-11-19(2,20)18(22)21-13-14-9-10-16(23-3)17(12-14)24-15-7-5-6-8-15;/h9-10,12,15H,4-8,11,13,20H2,1-3H3,(H,21,22);1H. The number of hydrogen-bond acceptors (Lipinski definition) is 4. The number of nitrogens with two attached hydrogens (primary N) is 1. The Morgan fingerprint density at radius 1 is 1.32 bits per heavy atom. The monoisotopic (exact) mass is 370 g/mol. The van der Waals surface area contributed by atoms with Gasteiger partial charge in [-0.1, -0.05) is 19.4 Å². The lowest BCUT2D eigenvalue weighted by molar-refractivity contribution is -0.126. The molecule has 1 unspecified atom stereocenters. The van der Waals surface area contributed by atoms with Crippen molar-refractivity contribution in [3.63, 3.8) is 0 Å². The number of carbonyl (C=O) groups excluding carboxylic acids is 1. The number of amides is 1. The number of rotatable bonds is 8. The summed E-state index contributed by atoms with van der Waals surface area (Å²) in [4.78, 5) is 12.2. The maximum atomic E-state index is 12.2. The Morgan fingerprint density at radius 3 is 2.60 bits per heavy atom. The van der Waals surface area contributed by atoms with Gasteiger partial charge in [0.25, 0.3) is 0 Å². The highest BCUT2D eigenvalue weighted by atomic mass is 35.5. The SMILES string of the molecule is CCCC(C)(N)C(=O)NCc1ccc(OC)c(OC2CCCC2)c1.Cl. The smallest absolute Gasteiger partial charge is 0.240 e. The summed E-state index contributed by atoms with van der Waals surface area (Å²) in [6, 6.07) is 5.78. The molecule has 1 aromatic rings. The first-order valence-corrected chi connectivity index (χ1v) is 8.87. The molecule has 0 radical (unpaired) electrons. The second-order valence-corrected chi connectivity index (χ2v) is 6.86. The van der Waals surface area contributed by atoms with Crippen LogP contribution in [-0.4, -0.2) is 24.7 Å². The van der Waals surface area contributed by atoms with Gasteiger partial charge in [-0.05, 0) is 56.7 Å². The first-order valence-electron chi connectivity index (χ1n) is 8.87. The van der Waals surface area contributed by atoms with E-state index in [9.17, 15) is 4.79 Å². The third-order valence-corrected chi connectivity index (χ3v) is 4.56. The zero-order valence-electron chi connectivity index (χ0n) is 15.5. The summed E-state index contributed by atoms with van der Waals surface area (Å²) in [6.07, 6.45) is 6.42. The highest BCUT2D eigenvalue weighted by Crippen LogP contribution is 2.32. The zero-order valence-corrected chi connectivity index (χ0v) is 16.3. The molecule has 1 aliphatic rings. The van der Waals surface area contributed by atoms with E-state index in [-0.39, 0.29) is 24.4 Å². The van der Waals surface area contributed by atoms with Crippen molar-refractivity contribution in [2.75, 3.05) is 7.11 Å². The van der Waals surface area contributed by atoms with Crippen molar-refractivity contribution in [3.8, 4) is 11.5 Å². The molecule has 1 saturated carbocycles. The van der Waals surface area contributed by atoms with Gasteiger partial charge < -0.3 is 20.5 Å². The van der Waals surface area contributed by atoms with Gasteiger partial charge in [0.15, 0.2) is 11.5 Å². The number of carbonyl (C=O) groups is 1. The molecule has 0 saturated heterocycles. The summed E-state index contributed by atoms with van der Waals surface area (Å²) < 4.78 is 11.5. The lowest BCUT2D eigenvalue weighted by Crippen LogP contribution is -2.51. The summed E-state index contributed by atoms with van der Waals surface area (Å²) in [7, 11) is 1.64. The average Bonchev–Trinajstić information content (AvgIpc) is 3.05. The van der Waals surface area contributed by atoms with Crippen LogP contribution in [0.15, 0.2) is 18.2 Å². The number of benzene rings is 1. The topological polar surface area (TPSA) is 73.6 Å². The third kappa shape index (κ3) is 6.08. The maximum Gasteiger partial charge on any atom is 0.240 e. The van der Waals surface area contributed by atoms with Gasteiger partial charge in [-0.15, -0.1) is 12.4 Å². The molecule has 1 amide bonds. The normalized spacial score (nSPS) is 16.6. The molecule has 5 nitrogen and oxygen atoms in total. The molecule has 0 heterocycles. The Bertz CT molecular complexity index is 558. The largest absolute Gasteiger partial charge is 0.493 e. The van der Waals surface area contributed by atoms with Crippen molar-refractivity contribution in [1.82, 2.24) is 5.32 Å². The molecule has 25 heavy (non-hydrogen) atoms. The molecule has 2 rings (SSSR count). The van der Waals surface area contributed by atoms with Crippen LogP contribution >= 0.6 is 12.4 Å². The summed E-state index contributed by atoms with van der Waals surface area (Å²) >= 11 is 0. The van der Waals surface area contributed by atoms with Crippen LogP contribution in [-0.2, 0) is 11.3 Å². The van der Waals surface area contributed by atoms with E-state index in [1.807, 2.05) is 25.1 Å². The molecular weight excluding hydrogens is 340 g/mol. The van der Waals surface area contributed by atoms with Crippen molar-refractivity contribution >= 4 is 18.3 Å². The minimum atomic E-state index is -0.829. The van der Waals surface area contributed by atoms with E-state index in [0.29, 0.717) is 13.0 Å². The van der Waals surface area contributed by atoms with Crippen molar-refractivity contribution in [2.24, 2.45) is 5.73 Å². The van der Waals surface area contributed by atoms with Crippen LogP contribution < -0.4 is 20.5 Å². The Hall–Kier alpha value is -1.46. The molecule has 3 N–H and O–H groups in total. The van der Waals surface area contributed by atoms with E-state index in [0.717, 1.165) is 36.3 Å². The van der Waals surface area contributed by atoms with E-state index in [2.05, 4.69) is 5.32 Å². The van der Waals surface area contributed by atoms with Crippen molar-refractivity contribution in [3.05, 3.63) is 23.8 Å². The van der Waals surface area contributed by atoms with Crippen LogP contribution in [0.25, 0.3) is 0 Å². The minimum absolute atomic E-state index is 0. The van der Waals surface area contributed by atoms with Gasteiger partial charge in [0.1, 0.15) is 0 Å². The molecular formula is C19H31ClN2O3. The maximum absolute atomic E-state index is 12.2. The van der Waals surface area contributed by atoms with E-state index >= 15 is 0 Å². The van der Waals surface area contributed by atoms with E-state index in [4.69, 9.17) is 15.2 Å². The second-order valence-electron chi connectivity index (χ2n) is 6.86. The van der Waals surface area contributed by atoms with Crippen LogP contribution in [0.5, 0.6) is 11.5 Å². The second kappa shape index (κ2) is 9.88. The number of nitrogens with one attached hydrogen (secondary N) is 1. The van der Waals surface area contributed by atoms with E-state index in [1.54, 1.807) is 14.0 Å². The molecule has 1 aromatic carbocycles. The highest BCUT2D eigenvalue weighted by molar-refractivity contribution is 5.85. The summed E-state index contributed by atoms with van der Waals surface area (Å²) in [5.41, 5.74) is 6.21. The van der Waals surface area contributed by atoms with Gasteiger partial charge in [-0.2, -0.15) is 0 Å². The van der Waals surface area contributed by atoms with Crippen LogP contribution in [0.3, 0.4) is 0 Å². The van der Waals surface area contributed by atoms with Gasteiger partial charge in [0.05, 0.1) is 18.8 Å². The van der Waals surface area contributed by atoms with E-state index in [1.165, 1.54) is 12.8 Å². The first-order chi connectivity index (χ1) is 11.5. The molecule has 6 heteroatoms. The molecule has 0 spiro atoms. The van der Waals surface area contributed by atoms with Gasteiger partial charge >= 0.3 is 0 Å². The Kier molecular flexibility index (Phi) is 8.53. The fourth-order valence-corrected chi connectivity index (χ4v) is 3.13. The quantitative estimate of drug-likeness (QED) is 0.733. The minimum Gasteiger partial charge on any atom is -0.493 e. The lowest BCUT2D eigenvalue weighted by atomic mass is 9.96. The van der Waals surface area contributed by atoms with Gasteiger partial charge in [-0.3, -0.25) is 4.79 Å². The molecule has 1 atom stereocenters. The lowest BCUT2D eigenvalue weighted by Gasteiger charge is -2.23. The molecule has 0 aliphatic heterocycles.